The van der Waals surface area contributed by atoms with Crippen LogP contribution in [0.25, 0.3) is 10.2 Å². The monoisotopic (exact) mass is 503 g/mol. The lowest BCUT2D eigenvalue weighted by molar-refractivity contribution is 0.0409. The lowest BCUT2D eigenvalue weighted by Crippen LogP contribution is -2.55. The molecule has 0 unspecified atom stereocenters. The molecular formula is C28H29N3O4S. The van der Waals surface area contributed by atoms with Gasteiger partial charge in [-0.3, -0.25) is 9.59 Å². The maximum Gasteiger partial charge on any atom is 0.270 e. The van der Waals surface area contributed by atoms with Crippen molar-refractivity contribution in [2.75, 3.05) is 33.9 Å². The number of nitrogens with zero attached hydrogens (tertiary/aromatic N) is 3. The van der Waals surface area contributed by atoms with Crippen molar-refractivity contribution in [3.05, 3.63) is 82.9 Å². The third-order valence-corrected chi connectivity index (χ3v) is 7.64. The van der Waals surface area contributed by atoms with E-state index in [1.54, 1.807) is 37.7 Å². The molecule has 186 valence electrons. The smallest absolute Gasteiger partial charge is 0.270 e. The van der Waals surface area contributed by atoms with Crippen molar-refractivity contribution < 1.29 is 19.1 Å². The zero-order valence-electron chi connectivity index (χ0n) is 20.6. The van der Waals surface area contributed by atoms with Gasteiger partial charge in [0, 0.05) is 43.2 Å². The fourth-order valence-electron chi connectivity index (χ4n) is 4.79. The molecule has 0 bridgehead atoms. The molecule has 0 spiro atoms. The Balaban J connectivity index is 1.36. The molecule has 8 heteroatoms. The molecule has 0 N–H and O–H groups in total. The summed E-state index contributed by atoms with van der Waals surface area (Å²) in [7, 11) is 3.24. The number of methoxy groups -OCH3 is 2. The van der Waals surface area contributed by atoms with Crippen LogP contribution in [0.2, 0.25) is 0 Å². The van der Waals surface area contributed by atoms with Crippen LogP contribution in [0.4, 0.5) is 0 Å². The number of rotatable bonds is 6. The SMILES string of the molecule is COc1cccc(Cn2c(C(=O)N3CCN(C(=O)c4cccc(OC)c4)[C@H](C)C3)cc3ccsc32)c1. The van der Waals surface area contributed by atoms with Crippen LogP contribution >= 0.6 is 11.3 Å². The fraction of sp³-hybridized carbons (Fsp3) is 0.286. The second-order valence-electron chi connectivity index (χ2n) is 8.98. The van der Waals surface area contributed by atoms with Gasteiger partial charge in [0.1, 0.15) is 22.0 Å². The lowest BCUT2D eigenvalue weighted by Gasteiger charge is -2.40. The predicted molar refractivity (Wildman–Crippen MR) is 141 cm³/mol. The van der Waals surface area contributed by atoms with Gasteiger partial charge in [0.05, 0.1) is 14.2 Å². The summed E-state index contributed by atoms with van der Waals surface area (Å²) >= 11 is 1.63. The molecule has 1 aliphatic rings. The minimum absolute atomic E-state index is 0.0124. The van der Waals surface area contributed by atoms with E-state index in [-0.39, 0.29) is 17.9 Å². The summed E-state index contributed by atoms with van der Waals surface area (Å²) in [6, 6.07) is 19.0. The molecular weight excluding hydrogens is 474 g/mol. The molecule has 5 rings (SSSR count). The number of thiophene rings is 1. The summed E-state index contributed by atoms with van der Waals surface area (Å²) in [4.78, 5) is 31.7. The number of hydrogen-bond acceptors (Lipinski definition) is 5. The summed E-state index contributed by atoms with van der Waals surface area (Å²) in [5, 5.41) is 3.11. The van der Waals surface area contributed by atoms with Crippen molar-refractivity contribution in [3.8, 4) is 11.5 Å². The van der Waals surface area contributed by atoms with E-state index in [1.165, 1.54) is 0 Å². The highest BCUT2D eigenvalue weighted by atomic mass is 32.1. The van der Waals surface area contributed by atoms with E-state index < -0.39 is 0 Å². The molecule has 1 saturated heterocycles. The Morgan fingerprint density at radius 1 is 0.944 bits per heavy atom. The molecule has 36 heavy (non-hydrogen) atoms. The molecule has 0 radical (unpaired) electrons. The van der Waals surface area contributed by atoms with Crippen LogP contribution < -0.4 is 9.47 Å². The normalized spacial score (nSPS) is 15.8. The van der Waals surface area contributed by atoms with E-state index in [4.69, 9.17) is 9.47 Å². The van der Waals surface area contributed by atoms with Crippen LogP contribution in [0.5, 0.6) is 11.5 Å². The number of fused-ring (bicyclic) bond motifs is 1. The number of hydrogen-bond donors (Lipinski definition) is 0. The molecule has 7 nitrogen and oxygen atoms in total. The first-order valence-electron chi connectivity index (χ1n) is 11.9. The Kier molecular flexibility index (Phi) is 6.69. The Labute approximate surface area is 214 Å². The Bertz CT molecular complexity index is 1410. The van der Waals surface area contributed by atoms with Gasteiger partial charge >= 0.3 is 0 Å². The highest BCUT2D eigenvalue weighted by molar-refractivity contribution is 7.16. The zero-order valence-corrected chi connectivity index (χ0v) is 21.5. The standard InChI is InChI=1S/C28H29N3O4S/c1-19-17-29(11-12-30(19)26(32)21-7-5-9-24(15-21)35-3)27(33)25-16-22-10-13-36-28(22)31(25)18-20-6-4-8-23(14-20)34-2/h4-10,13-16,19H,11-12,17-18H2,1-3H3/t19-/m1/s1. The molecule has 3 heterocycles. The quantitative estimate of drug-likeness (QED) is 0.381. The Morgan fingerprint density at radius 2 is 1.69 bits per heavy atom. The van der Waals surface area contributed by atoms with Crippen LogP contribution in [-0.4, -0.2) is 66.1 Å². The van der Waals surface area contributed by atoms with E-state index in [0.717, 1.165) is 21.5 Å². The van der Waals surface area contributed by atoms with E-state index >= 15 is 0 Å². The lowest BCUT2D eigenvalue weighted by atomic mass is 10.1. The van der Waals surface area contributed by atoms with E-state index in [9.17, 15) is 9.59 Å². The molecule has 1 atom stereocenters. The summed E-state index contributed by atoms with van der Waals surface area (Å²) in [6.45, 7) is 4.01. The highest BCUT2D eigenvalue weighted by Crippen LogP contribution is 2.28. The third-order valence-electron chi connectivity index (χ3n) is 6.69. The number of aromatic nitrogens is 1. The molecule has 1 fully saturated rings. The molecule has 0 aliphatic carbocycles. The summed E-state index contributed by atoms with van der Waals surface area (Å²) in [5.74, 6) is 1.39. The number of piperazine rings is 1. The second kappa shape index (κ2) is 10.1. The molecule has 2 aromatic heterocycles. The largest absolute Gasteiger partial charge is 0.497 e. The zero-order chi connectivity index (χ0) is 25.2. The number of benzene rings is 2. The summed E-state index contributed by atoms with van der Waals surface area (Å²) in [5.41, 5.74) is 2.32. The first-order valence-corrected chi connectivity index (χ1v) is 12.8. The van der Waals surface area contributed by atoms with Crippen LogP contribution in [-0.2, 0) is 6.54 Å². The van der Waals surface area contributed by atoms with Crippen molar-refractivity contribution in [3.63, 3.8) is 0 Å². The van der Waals surface area contributed by atoms with Gasteiger partial charge in [-0.25, -0.2) is 0 Å². The van der Waals surface area contributed by atoms with Gasteiger partial charge in [0.25, 0.3) is 11.8 Å². The number of carbonyl (C=O) groups excluding carboxylic acids is 2. The van der Waals surface area contributed by atoms with Crippen LogP contribution in [0.3, 0.4) is 0 Å². The fourth-order valence-corrected chi connectivity index (χ4v) is 5.69. The van der Waals surface area contributed by atoms with E-state index in [1.807, 2.05) is 70.6 Å². The maximum absolute atomic E-state index is 13.7. The van der Waals surface area contributed by atoms with Crippen molar-refractivity contribution in [1.82, 2.24) is 14.4 Å². The summed E-state index contributed by atoms with van der Waals surface area (Å²) < 4.78 is 12.7. The molecule has 2 aromatic carbocycles. The van der Waals surface area contributed by atoms with Gasteiger partial charge in [-0.2, -0.15) is 0 Å². The van der Waals surface area contributed by atoms with E-state index in [2.05, 4.69) is 4.57 Å². The van der Waals surface area contributed by atoms with Gasteiger partial charge in [-0.15, -0.1) is 11.3 Å². The number of carbonyl (C=O) groups is 2. The average molecular weight is 504 g/mol. The minimum atomic E-state index is -0.107. The second-order valence-corrected chi connectivity index (χ2v) is 9.87. The van der Waals surface area contributed by atoms with Crippen molar-refractivity contribution in [2.45, 2.75) is 19.5 Å². The first kappa shape index (κ1) is 23.9. The van der Waals surface area contributed by atoms with Gasteiger partial charge in [0.2, 0.25) is 0 Å². The van der Waals surface area contributed by atoms with Crippen molar-refractivity contribution in [2.24, 2.45) is 0 Å². The van der Waals surface area contributed by atoms with Crippen molar-refractivity contribution in [1.29, 1.82) is 0 Å². The van der Waals surface area contributed by atoms with Crippen LogP contribution in [0.1, 0.15) is 33.3 Å². The predicted octanol–water partition coefficient (Wildman–Crippen LogP) is 4.76. The van der Waals surface area contributed by atoms with Crippen LogP contribution in [0.15, 0.2) is 66.0 Å². The Morgan fingerprint density at radius 3 is 2.44 bits per heavy atom. The van der Waals surface area contributed by atoms with Gasteiger partial charge in [-0.05, 0) is 60.3 Å². The minimum Gasteiger partial charge on any atom is -0.497 e. The highest BCUT2D eigenvalue weighted by Gasteiger charge is 2.32. The van der Waals surface area contributed by atoms with Crippen molar-refractivity contribution >= 4 is 33.4 Å². The molecule has 1 aliphatic heterocycles. The van der Waals surface area contributed by atoms with Gasteiger partial charge in [0.15, 0.2) is 0 Å². The number of ether oxygens (including phenoxy) is 2. The molecule has 0 saturated carbocycles. The molecule has 4 aromatic rings. The third kappa shape index (κ3) is 4.56. The van der Waals surface area contributed by atoms with E-state index in [0.29, 0.717) is 43.2 Å². The Hall–Kier alpha value is -3.78. The maximum atomic E-state index is 13.7. The average Bonchev–Trinajstić information content (AvgIpc) is 3.50. The van der Waals surface area contributed by atoms with Gasteiger partial charge < -0.3 is 23.8 Å². The van der Waals surface area contributed by atoms with Crippen LogP contribution in [0, 0.1) is 0 Å². The molecule has 2 amide bonds. The number of amides is 2. The van der Waals surface area contributed by atoms with Gasteiger partial charge in [-0.1, -0.05) is 18.2 Å². The summed E-state index contributed by atoms with van der Waals surface area (Å²) in [6.07, 6.45) is 0. The first-order chi connectivity index (χ1) is 17.5. The topological polar surface area (TPSA) is 64.0 Å².